The number of nitrogens with two attached hydrogens (primary N) is 1. The fourth-order valence-electron chi connectivity index (χ4n) is 1.55. The van der Waals surface area contributed by atoms with Crippen molar-refractivity contribution >= 4 is 28.8 Å². The van der Waals surface area contributed by atoms with E-state index < -0.39 is 0 Å². The first-order chi connectivity index (χ1) is 9.01. The summed E-state index contributed by atoms with van der Waals surface area (Å²) in [6, 6.07) is 4.86. The Balaban J connectivity index is 2.33. The van der Waals surface area contributed by atoms with Crippen LogP contribution in [0.2, 0.25) is 5.15 Å². The van der Waals surface area contributed by atoms with Gasteiger partial charge in [0.2, 0.25) is 0 Å². The van der Waals surface area contributed by atoms with E-state index in [4.69, 9.17) is 22.1 Å². The van der Waals surface area contributed by atoms with Crippen LogP contribution in [0.1, 0.15) is 5.82 Å². The van der Waals surface area contributed by atoms with E-state index in [1.807, 2.05) is 0 Å². The van der Waals surface area contributed by atoms with Gasteiger partial charge in [-0.15, -0.1) is 0 Å². The smallest absolute Gasteiger partial charge is 0.160 e. The molecule has 0 radical (unpaired) electrons. The molecule has 0 spiro atoms. The Hall–Kier alpha value is -2.21. The van der Waals surface area contributed by atoms with E-state index in [0.29, 0.717) is 23.1 Å². The minimum Gasteiger partial charge on any atom is -0.504 e. The summed E-state index contributed by atoms with van der Waals surface area (Å²) >= 11 is 5.88. The van der Waals surface area contributed by atoms with Gasteiger partial charge >= 0.3 is 0 Å². The molecule has 0 saturated carbocycles. The molecule has 2 rings (SSSR count). The largest absolute Gasteiger partial charge is 0.504 e. The molecular weight excluding hydrogens is 268 g/mol. The normalized spacial score (nSPS) is 10.3. The molecule has 1 heterocycles. The van der Waals surface area contributed by atoms with Crippen molar-refractivity contribution in [2.45, 2.75) is 6.92 Å². The molecular formula is C12H13ClN4O2. The molecule has 0 atom stereocenters. The van der Waals surface area contributed by atoms with Crippen molar-refractivity contribution in [1.82, 2.24) is 9.97 Å². The predicted molar refractivity (Wildman–Crippen MR) is 74.1 cm³/mol. The lowest BCUT2D eigenvalue weighted by Crippen LogP contribution is -2.03. The van der Waals surface area contributed by atoms with Crippen LogP contribution in [-0.4, -0.2) is 22.2 Å². The molecule has 7 heteroatoms. The van der Waals surface area contributed by atoms with Crippen molar-refractivity contribution in [3.8, 4) is 11.5 Å². The van der Waals surface area contributed by atoms with Gasteiger partial charge in [-0.3, -0.25) is 0 Å². The van der Waals surface area contributed by atoms with Crippen LogP contribution in [0, 0.1) is 6.92 Å². The second-order valence-electron chi connectivity index (χ2n) is 3.84. The Morgan fingerprint density at radius 3 is 2.74 bits per heavy atom. The molecule has 19 heavy (non-hydrogen) atoms. The molecule has 0 aliphatic carbocycles. The van der Waals surface area contributed by atoms with Gasteiger partial charge in [-0.1, -0.05) is 11.6 Å². The van der Waals surface area contributed by atoms with E-state index in [9.17, 15) is 5.11 Å². The Morgan fingerprint density at radius 1 is 1.37 bits per heavy atom. The fourth-order valence-corrected chi connectivity index (χ4v) is 1.76. The summed E-state index contributed by atoms with van der Waals surface area (Å²) in [5, 5.41) is 12.9. The number of phenols is 1. The third kappa shape index (κ3) is 2.79. The average Bonchev–Trinajstić information content (AvgIpc) is 2.35. The first-order valence-corrected chi connectivity index (χ1v) is 5.82. The monoisotopic (exact) mass is 280 g/mol. The highest BCUT2D eigenvalue weighted by molar-refractivity contribution is 6.32. The number of phenolic OH excluding ortho intramolecular Hbond substituents is 1. The summed E-state index contributed by atoms with van der Waals surface area (Å²) in [5.41, 5.74) is 6.65. The second-order valence-corrected chi connectivity index (χ2v) is 4.19. The van der Waals surface area contributed by atoms with Crippen molar-refractivity contribution in [3.63, 3.8) is 0 Å². The number of hydrogen-bond donors (Lipinski definition) is 3. The summed E-state index contributed by atoms with van der Waals surface area (Å²) in [5.74, 6) is 1.29. The van der Waals surface area contributed by atoms with Crippen LogP contribution in [-0.2, 0) is 0 Å². The molecule has 0 bridgehead atoms. The number of rotatable bonds is 3. The SMILES string of the molecule is COc1ccc(Nc2nc(C)nc(Cl)c2N)cc1O. The molecule has 100 valence electrons. The highest BCUT2D eigenvalue weighted by Crippen LogP contribution is 2.32. The Bertz CT molecular complexity index is 619. The van der Waals surface area contributed by atoms with E-state index in [-0.39, 0.29) is 16.6 Å². The topological polar surface area (TPSA) is 93.3 Å². The minimum atomic E-state index is 0.0166. The number of nitrogens with one attached hydrogen (secondary N) is 1. The molecule has 0 saturated heterocycles. The molecule has 2 aromatic rings. The number of anilines is 3. The number of benzene rings is 1. The lowest BCUT2D eigenvalue weighted by molar-refractivity contribution is 0.373. The van der Waals surface area contributed by atoms with Crippen molar-refractivity contribution in [1.29, 1.82) is 0 Å². The molecule has 4 N–H and O–H groups in total. The zero-order valence-corrected chi connectivity index (χ0v) is 11.2. The summed E-state index contributed by atoms with van der Waals surface area (Å²) < 4.78 is 4.96. The fraction of sp³-hybridized carbons (Fsp3) is 0.167. The number of hydrogen-bond acceptors (Lipinski definition) is 6. The van der Waals surface area contributed by atoms with Gasteiger partial charge in [0, 0.05) is 11.8 Å². The third-order valence-corrected chi connectivity index (χ3v) is 2.74. The van der Waals surface area contributed by atoms with Crippen LogP contribution in [0.15, 0.2) is 18.2 Å². The van der Waals surface area contributed by atoms with Gasteiger partial charge in [-0.25, -0.2) is 9.97 Å². The number of methoxy groups -OCH3 is 1. The van der Waals surface area contributed by atoms with E-state index in [1.165, 1.54) is 13.2 Å². The maximum Gasteiger partial charge on any atom is 0.160 e. The van der Waals surface area contributed by atoms with E-state index in [1.54, 1.807) is 19.1 Å². The Kier molecular flexibility index (Phi) is 3.62. The molecule has 1 aromatic heterocycles. The molecule has 1 aromatic carbocycles. The summed E-state index contributed by atoms with van der Waals surface area (Å²) in [6.07, 6.45) is 0. The average molecular weight is 281 g/mol. The maximum absolute atomic E-state index is 9.69. The molecule has 0 aliphatic rings. The number of nitrogen functional groups attached to an aromatic ring is 1. The molecule has 6 nitrogen and oxygen atoms in total. The standard InChI is InChI=1S/C12H13ClN4O2/c1-6-15-11(13)10(14)12(16-6)17-7-3-4-9(19-2)8(18)5-7/h3-5,18H,14H2,1-2H3,(H,15,16,17). The molecule has 0 fully saturated rings. The highest BCUT2D eigenvalue weighted by Gasteiger charge is 2.09. The quantitative estimate of drug-likeness (QED) is 0.748. The first kappa shape index (κ1) is 13.2. The van der Waals surface area contributed by atoms with E-state index >= 15 is 0 Å². The predicted octanol–water partition coefficient (Wildman–Crippen LogP) is 2.48. The van der Waals surface area contributed by atoms with Gasteiger partial charge in [0.15, 0.2) is 22.5 Å². The van der Waals surface area contributed by atoms with Gasteiger partial charge in [-0.2, -0.15) is 0 Å². The van der Waals surface area contributed by atoms with Crippen molar-refractivity contribution < 1.29 is 9.84 Å². The van der Waals surface area contributed by atoms with Crippen LogP contribution in [0.25, 0.3) is 0 Å². The summed E-state index contributed by atoms with van der Waals surface area (Å²) in [7, 11) is 1.48. The molecule has 0 amide bonds. The lowest BCUT2D eigenvalue weighted by atomic mass is 10.2. The van der Waals surface area contributed by atoms with Gasteiger partial charge in [0.25, 0.3) is 0 Å². The van der Waals surface area contributed by atoms with Crippen LogP contribution >= 0.6 is 11.6 Å². The minimum absolute atomic E-state index is 0.0166. The van der Waals surface area contributed by atoms with Crippen LogP contribution in [0.3, 0.4) is 0 Å². The highest BCUT2D eigenvalue weighted by atomic mass is 35.5. The second kappa shape index (κ2) is 5.19. The van der Waals surface area contributed by atoms with Crippen LogP contribution in [0.4, 0.5) is 17.2 Å². The van der Waals surface area contributed by atoms with Crippen molar-refractivity contribution in [2.24, 2.45) is 0 Å². The Labute approximate surface area is 115 Å². The van der Waals surface area contributed by atoms with Crippen LogP contribution < -0.4 is 15.8 Å². The first-order valence-electron chi connectivity index (χ1n) is 5.45. The summed E-state index contributed by atoms with van der Waals surface area (Å²) in [6.45, 7) is 1.71. The van der Waals surface area contributed by atoms with Gasteiger partial charge in [0.05, 0.1) is 7.11 Å². The number of aromatic hydroxyl groups is 1. The van der Waals surface area contributed by atoms with E-state index in [0.717, 1.165) is 0 Å². The number of nitrogens with zero attached hydrogens (tertiary/aromatic N) is 2. The maximum atomic E-state index is 9.69. The zero-order chi connectivity index (χ0) is 14.0. The van der Waals surface area contributed by atoms with Gasteiger partial charge < -0.3 is 20.9 Å². The number of aromatic nitrogens is 2. The number of halogens is 1. The number of aryl methyl sites for hydroxylation is 1. The van der Waals surface area contributed by atoms with Crippen LogP contribution in [0.5, 0.6) is 11.5 Å². The van der Waals surface area contributed by atoms with E-state index in [2.05, 4.69) is 15.3 Å². The molecule has 0 unspecified atom stereocenters. The lowest BCUT2D eigenvalue weighted by Gasteiger charge is -2.11. The van der Waals surface area contributed by atoms with Crippen molar-refractivity contribution in [3.05, 3.63) is 29.2 Å². The molecule has 0 aliphatic heterocycles. The third-order valence-electron chi connectivity index (χ3n) is 2.45. The van der Waals surface area contributed by atoms with Crippen molar-refractivity contribution in [2.75, 3.05) is 18.2 Å². The van der Waals surface area contributed by atoms with Gasteiger partial charge in [-0.05, 0) is 19.1 Å². The Morgan fingerprint density at radius 2 is 2.11 bits per heavy atom. The zero-order valence-electron chi connectivity index (χ0n) is 10.4. The summed E-state index contributed by atoms with van der Waals surface area (Å²) in [4.78, 5) is 8.10. The number of ether oxygens (including phenoxy) is 1. The van der Waals surface area contributed by atoms with Gasteiger partial charge in [0.1, 0.15) is 11.5 Å².